The molecule has 11 heteroatoms. The molecule has 0 saturated heterocycles. The van der Waals surface area contributed by atoms with Crippen molar-refractivity contribution < 1.29 is 112 Å². The Hall–Kier alpha value is 1.73. The number of nitrogens with zero attached hydrogens (tertiary/aromatic N) is 2. The Morgan fingerprint density at radius 1 is 1.00 bits per heavy atom. The van der Waals surface area contributed by atoms with Crippen molar-refractivity contribution >= 4 is 18.9 Å². The number of H-pyrrole nitrogens is 1. The van der Waals surface area contributed by atoms with E-state index in [1.165, 1.54) is 0 Å². The predicted octanol–water partition coefficient (Wildman–Crippen LogP) is -8.62. The molecule has 0 spiro atoms. The maximum absolute atomic E-state index is 8.88. The van der Waals surface area contributed by atoms with Crippen molar-refractivity contribution in [2.24, 2.45) is 0 Å². The first-order valence-corrected chi connectivity index (χ1v) is 5.07. The van der Waals surface area contributed by atoms with Crippen molar-refractivity contribution in [1.29, 1.82) is 0 Å². The number of hydrogen-bond acceptors (Lipinski definition) is 3. The minimum Gasteiger partial charge on any atom is -1.00 e. The first-order valence-electron chi connectivity index (χ1n) is 3.50. The SMILES string of the molecule is O=P(O)(O)O.[H-].[H-].[H-].[Na+].[Na+].[Na+].c1ccc2n[nH]nc2c1. The van der Waals surface area contributed by atoms with Crippen LogP contribution in [0.5, 0.6) is 0 Å². The Bertz CT molecular complexity index is 436. The quantitative estimate of drug-likeness (QED) is 0.282. The maximum Gasteiger partial charge on any atom is 1.00 e. The van der Waals surface area contributed by atoms with E-state index in [2.05, 4.69) is 15.4 Å². The number of hydrogen-bond donors (Lipinski definition) is 4. The van der Waals surface area contributed by atoms with Gasteiger partial charge in [0.05, 0.1) is 0 Å². The Morgan fingerprint density at radius 3 is 1.59 bits per heavy atom. The van der Waals surface area contributed by atoms with E-state index in [1.54, 1.807) is 0 Å². The van der Waals surface area contributed by atoms with E-state index in [4.69, 9.17) is 19.2 Å². The summed E-state index contributed by atoms with van der Waals surface area (Å²) in [7, 11) is -4.64. The minimum absolute atomic E-state index is 0. The Kier molecular flexibility index (Phi) is 16.2. The van der Waals surface area contributed by atoms with Crippen LogP contribution in [-0.4, -0.2) is 30.1 Å². The molecule has 0 saturated carbocycles. The number of fused-ring (bicyclic) bond motifs is 1. The molecule has 0 unspecified atom stereocenters. The third-order valence-electron chi connectivity index (χ3n) is 1.22. The van der Waals surface area contributed by atoms with Crippen molar-refractivity contribution in [2.45, 2.75) is 0 Å². The number of aromatic amines is 1. The van der Waals surface area contributed by atoms with E-state index < -0.39 is 7.82 Å². The summed E-state index contributed by atoms with van der Waals surface area (Å²) in [6.45, 7) is 0. The molecule has 2 rings (SSSR count). The fraction of sp³-hybridized carbons (Fsp3) is 0. The van der Waals surface area contributed by atoms with Gasteiger partial charge in [0.1, 0.15) is 11.0 Å². The Balaban J connectivity index is -0.0000000412. The van der Waals surface area contributed by atoms with E-state index in [1.807, 2.05) is 24.3 Å². The largest absolute Gasteiger partial charge is 1.00 e. The first-order chi connectivity index (χ1) is 6.47. The molecule has 0 bridgehead atoms. The van der Waals surface area contributed by atoms with Gasteiger partial charge in [0, 0.05) is 0 Å². The van der Waals surface area contributed by atoms with Gasteiger partial charge in [0.2, 0.25) is 0 Å². The van der Waals surface area contributed by atoms with Gasteiger partial charge >= 0.3 is 96.5 Å². The van der Waals surface area contributed by atoms with Gasteiger partial charge in [-0.2, -0.15) is 15.4 Å². The molecule has 17 heavy (non-hydrogen) atoms. The number of nitrogens with one attached hydrogen (secondary N) is 1. The van der Waals surface area contributed by atoms with Crippen LogP contribution in [0.1, 0.15) is 4.28 Å². The standard InChI is InChI=1S/C6H5N3.3Na.H3O4P.3H/c1-2-4-6-5(3-1)7-9-8-6;;;;1-5(2,3)4;;;/h1-4H,(H,7,8,9);;;;(H3,1,2,3,4);;;/q;3*+1;;3*-1. The van der Waals surface area contributed by atoms with Crippen LogP contribution in [0.4, 0.5) is 0 Å². The smallest absolute Gasteiger partial charge is 1.00 e. The molecular formula is C6H11N3Na3O4P. The van der Waals surface area contributed by atoms with Crippen LogP contribution in [0.2, 0.25) is 0 Å². The van der Waals surface area contributed by atoms with E-state index in [0.717, 1.165) is 11.0 Å². The van der Waals surface area contributed by atoms with Crippen molar-refractivity contribution in [3.63, 3.8) is 0 Å². The van der Waals surface area contributed by atoms with E-state index >= 15 is 0 Å². The maximum atomic E-state index is 8.88. The molecule has 0 aliphatic carbocycles. The van der Waals surface area contributed by atoms with Gasteiger partial charge in [-0.1, -0.05) is 12.1 Å². The molecule has 1 aromatic carbocycles. The van der Waals surface area contributed by atoms with Crippen LogP contribution in [0, 0.1) is 0 Å². The number of phosphoric acid groups is 1. The normalized spacial score (nSPS) is 8.88. The summed E-state index contributed by atoms with van der Waals surface area (Å²) in [5, 5.41) is 10.3. The Morgan fingerprint density at radius 2 is 1.29 bits per heavy atom. The second-order valence-electron chi connectivity index (χ2n) is 2.33. The monoisotopic (exact) mass is 289 g/mol. The molecule has 4 N–H and O–H groups in total. The second-order valence-corrected chi connectivity index (χ2v) is 3.35. The summed E-state index contributed by atoms with van der Waals surface area (Å²) in [6, 6.07) is 7.70. The molecule has 0 amide bonds. The first kappa shape index (κ1) is 23.8. The van der Waals surface area contributed by atoms with Gasteiger partial charge in [-0.25, -0.2) is 4.57 Å². The van der Waals surface area contributed by atoms with Gasteiger partial charge in [-0.05, 0) is 12.1 Å². The van der Waals surface area contributed by atoms with Crippen LogP contribution in [-0.2, 0) is 4.57 Å². The fourth-order valence-corrected chi connectivity index (χ4v) is 0.786. The van der Waals surface area contributed by atoms with Crippen molar-refractivity contribution in [3.8, 4) is 0 Å². The van der Waals surface area contributed by atoms with Gasteiger partial charge in [-0.15, -0.1) is 0 Å². The van der Waals surface area contributed by atoms with Gasteiger partial charge in [0.25, 0.3) is 0 Å². The molecule has 0 fully saturated rings. The summed E-state index contributed by atoms with van der Waals surface area (Å²) >= 11 is 0. The summed E-state index contributed by atoms with van der Waals surface area (Å²) in [5.74, 6) is 0. The molecule has 0 atom stereocenters. The number of benzene rings is 1. The molecule has 82 valence electrons. The minimum atomic E-state index is -4.64. The topological polar surface area (TPSA) is 119 Å². The molecule has 1 aromatic heterocycles. The van der Waals surface area contributed by atoms with Crippen LogP contribution in [0.3, 0.4) is 0 Å². The van der Waals surface area contributed by atoms with Crippen molar-refractivity contribution in [1.82, 2.24) is 15.4 Å². The molecule has 0 radical (unpaired) electrons. The molecule has 7 nitrogen and oxygen atoms in total. The van der Waals surface area contributed by atoms with E-state index in [0.29, 0.717) is 0 Å². The molecule has 1 heterocycles. The number of para-hydroxylation sites is 2. The fourth-order valence-electron chi connectivity index (χ4n) is 0.786. The Labute approximate surface area is 168 Å². The van der Waals surface area contributed by atoms with Crippen LogP contribution in [0.25, 0.3) is 11.0 Å². The zero-order valence-corrected chi connectivity index (χ0v) is 16.8. The van der Waals surface area contributed by atoms with Crippen LogP contribution < -0.4 is 88.7 Å². The third kappa shape index (κ3) is 12.5. The molecule has 0 aliphatic heterocycles. The predicted molar refractivity (Wildman–Crippen MR) is 51.5 cm³/mol. The third-order valence-corrected chi connectivity index (χ3v) is 1.22. The van der Waals surface area contributed by atoms with Crippen molar-refractivity contribution in [3.05, 3.63) is 24.3 Å². The second kappa shape index (κ2) is 11.5. The van der Waals surface area contributed by atoms with Crippen LogP contribution in [0.15, 0.2) is 24.3 Å². The zero-order chi connectivity index (χ0) is 10.6. The van der Waals surface area contributed by atoms with E-state index in [-0.39, 0.29) is 93.0 Å². The van der Waals surface area contributed by atoms with Crippen LogP contribution >= 0.6 is 7.82 Å². The van der Waals surface area contributed by atoms with Crippen molar-refractivity contribution in [2.75, 3.05) is 0 Å². The van der Waals surface area contributed by atoms with Gasteiger partial charge in [0.15, 0.2) is 0 Å². The van der Waals surface area contributed by atoms with Gasteiger partial charge in [-0.3, -0.25) is 0 Å². The molecular weight excluding hydrogens is 278 g/mol. The average molecular weight is 289 g/mol. The average Bonchev–Trinajstić information content (AvgIpc) is 2.47. The number of aromatic nitrogens is 3. The van der Waals surface area contributed by atoms with Gasteiger partial charge < -0.3 is 19.0 Å². The van der Waals surface area contributed by atoms with E-state index in [9.17, 15) is 0 Å². The number of rotatable bonds is 0. The molecule has 2 aromatic rings. The summed E-state index contributed by atoms with van der Waals surface area (Å²) in [6.07, 6.45) is 0. The summed E-state index contributed by atoms with van der Waals surface area (Å²) in [4.78, 5) is 21.6. The summed E-state index contributed by atoms with van der Waals surface area (Å²) < 4.78 is 8.88. The summed E-state index contributed by atoms with van der Waals surface area (Å²) in [5.41, 5.74) is 1.83. The zero-order valence-electron chi connectivity index (χ0n) is 12.9. The molecule has 0 aliphatic rings.